The Morgan fingerprint density at radius 3 is 2.55 bits per heavy atom. The second-order valence-electron chi connectivity index (χ2n) is 4.90. The fourth-order valence-electron chi connectivity index (χ4n) is 2.33. The molecule has 0 aliphatic rings. The quantitative estimate of drug-likeness (QED) is 0.677. The van der Waals surface area contributed by atoms with Gasteiger partial charge in [-0.3, -0.25) is 9.20 Å². The van der Waals surface area contributed by atoms with Crippen LogP contribution in [0.3, 0.4) is 0 Å². The Hall–Kier alpha value is -1.94. The van der Waals surface area contributed by atoms with Crippen LogP contribution in [0.1, 0.15) is 34.8 Å². The molecule has 0 saturated carbocycles. The van der Waals surface area contributed by atoms with Gasteiger partial charge in [0.2, 0.25) is 0 Å². The molecule has 0 fully saturated rings. The van der Waals surface area contributed by atoms with Gasteiger partial charge in [0.15, 0.2) is 10.7 Å². The van der Waals surface area contributed by atoms with E-state index < -0.39 is 0 Å². The molecule has 3 nitrogen and oxygen atoms in total. The molecule has 0 spiro atoms. The summed E-state index contributed by atoms with van der Waals surface area (Å²) in [5.41, 5.74) is 4.37. The van der Waals surface area contributed by atoms with Crippen LogP contribution in [0.15, 0.2) is 30.5 Å². The van der Waals surface area contributed by atoms with E-state index in [1.807, 2.05) is 17.5 Å². The van der Waals surface area contributed by atoms with Crippen LogP contribution in [0.5, 0.6) is 0 Å². The minimum atomic E-state index is 0.104. The van der Waals surface area contributed by atoms with Crippen LogP contribution in [0, 0.1) is 6.92 Å². The zero-order chi connectivity index (χ0) is 14.3. The van der Waals surface area contributed by atoms with Gasteiger partial charge in [-0.25, -0.2) is 4.98 Å². The molecule has 20 heavy (non-hydrogen) atoms. The summed E-state index contributed by atoms with van der Waals surface area (Å²) in [6.45, 7) is 5.71. The molecular formula is C16H16N2OS. The Labute approximate surface area is 121 Å². The number of aryl methyl sites for hydroxylation is 2. The molecule has 0 atom stereocenters. The first-order valence-electron chi connectivity index (χ1n) is 6.69. The molecule has 0 unspecified atom stereocenters. The Kier molecular flexibility index (Phi) is 3.18. The first-order chi connectivity index (χ1) is 9.60. The van der Waals surface area contributed by atoms with Crippen LogP contribution in [0.2, 0.25) is 0 Å². The van der Waals surface area contributed by atoms with Gasteiger partial charge in [0.1, 0.15) is 0 Å². The van der Waals surface area contributed by atoms with Crippen LogP contribution in [0.25, 0.3) is 16.2 Å². The Balaban J connectivity index is 2.06. The second-order valence-corrected chi connectivity index (χ2v) is 5.88. The van der Waals surface area contributed by atoms with Gasteiger partial charge in [-0.1, -0.05) is 42.5 Å². The van der Waals surface area contributed by atoms with E-state index in [0.717, 1.165) is 33.2 Å². The number of Topliss-reactive ketones (excluding diaryl/α,β-unsaturated/α-hetero) is 1. The number of rotatable bonds is 3. The number of benzene rings is 1. The first kappa shape index (κ1) is 13.1. The van der Waals surface area contributed by atoms with Gasteiger partial charge in [-0.2, -0.15) is 0 Å². The maximum Gasteiger partial charge on any atom is 0.195 e. The third kappa shape index (κ3) is 2.06. The minimum Gasteiger partial charge on any atom is -0.294 e. The van der Waals surface area contributed by atoms with Gasteiger partial charge < -0.3 is 0 Å². The SMILES string of the molecule is CCc1ccc(-c2cn3c(C)c(C(C)=O)sc3n2)cc1. The van der Waals surface area contributed by atoms with E-state index in [1.165, 1.54) is 16.9 Å². The van der Waals surface area contributed by atoms with E-state index in [0.29, 0.717) is 0 Å². The van der Waals surface area contributed by atoms with Crippen molar-refractivity contribution in [1.29, 1.82) is 0 Å². The lowest BCUT2D eigenvalue weighted by Gasteiger charge is -1.99. The summed E-state index contributed by atoms with van der Waals surface area (Å²) < 4.78 is 2.00. The fourth-order valence-corrected chi connectivity index (χ4v) is 3.33. The maximum atomic E-state index is 11.5. The third-order valence-corrected chi connectivity index (χ3v) is 4.79. The van der Waals surface area contributed by atoms with Crippen molar-refractivity contribution in [2.75, 3.05) is 0 Å². The molecule has 0 aliphatic heterocycles. The highest BCUT2D eigenvalue weighted by atomic mass is 32.1. The number of hydrogen-bond acceptors (Lipinski definition) is 3. The van der Waals surface area contributed by atoms with E-state index in [9.17, 15) is 4.79 Å². The molecule has 4 heteroatoms. The molecule has 0 amide bonds. The molecule has 0 bridgehead atoms. The topological polar surface area (TPSA) is 34.4 Å². The van der Waals surface area contributed by atoms with Crippen molar-refractivity contribution in [2.24, 2.45) is 0 Å². The van der Waals surface area contributed by atoms with Crippen molar-refractivity contribution in [2.45, 2.75) is 27.2 Å². The van der Waals surface area contributed by atoms with Crippen molar-refractivity contribution in [1.82, 2.24) is 9.38 Å². The van der Waals surface area contributed by atoms with E-state index >= 15 is 0 Å². The standard InChI is InChI=1S/C16H16N2OS/c1-4-12-5-7-13(8-6-12)14-9-18-10(2)15(11(3)19)20-16(18)17-14/h5-9H,4H2,1-3H3. The molecule has 0 N–H and O–H groups in total. The number of fused-ring (bicyclic) bond motifs is 1. The highest BCUT2D eigenvalue weighted by Crippen LogP contribution is 2.27. The summed E-state index contributed by atoms with van der Waals surface area (Å²) in [5.74, 6) is 0.104. The number of carbonyl (C=O) groups is 1. The van der Waals surface area contributed by atoms with Crippen LogP contribution < -0.4 is 0 Å². The van der Waals surface area contributed by atoms with E-state index in [4.69, 9.17) is 0 Å². The number of aromatic nitrogens is 2. The van der Waals surface area contributed by atoms with E-state index in [1.54, 1.807) is 6.92 Å². The normalized spacial score (nSPS) is 11.2. The van der Waals surface area contributed by atoms with Crippen LogP contribution in [-0.4, -0.2) is 15.2 Å². The maximum absolute atomic E-state index is 11.5. The summed E-state index contributed by atoms with van der Waals surface area (Å²) in [6, 6.07) is 8.48. The van der Waals surface area contributed by atoms with Crippen molar-refractivity contribution in [3.05, 3.63) is 46.6 Å². The second kappa shape index (κ2) is 4.87. The lowest BCUT2D eigenvalue weighted by molar-refractivity contribution is 0.102. The lowest BCUT2D eigenvalue weighted by Crippen LogP contribution is -1.92. The molecule has 0 radical (unpaired) electrons. The summed E-state index contributed by atoms with van der Waals surface area (Å²) in [7, 11) is 0. The molecular weight excluding hydrogens is 268 g/mol. The van der Waals surface area contributed by atoms with Gasteiger partial charge >= 0.3 is 0 Å². The lowest BCUT2D eigenvalue weighted by atomic mass is 10.1. The monoisotopic (exact) mass is 284 g/mol. The molecule has 0 saturated heterocycles. The van der Waals surface area contributed by atoms with Crippen molar-refractivity contribution >= 4 is 22.1 Å². The van der Waals surface area contributed by atoms with Crippen LogP contribution in [-0.2, 0) is 6.42 Å². The van der Waals surface area contributed by atoms with Gasteiger partial charge in [-0.05, 0) is 18.9 Å². The Morgan fingerprint density at radius 1 is 1.30 bits per heavy atom. The molecule has 1 aromatic carbocycles. The van der Waals surface area contributed by atoms with Crippen molar-refractivity contribution < 1.29 is 4.79 Å². The fraction of sp³-hybridized carbons (Fsp3) is 0.250. The highest BCUT2D eigenvalue weighted by Gasteiger charge is 2.15. The number of thiazole rings is 1. The average Bonchev–Trinajstić information content (AvgIpc) is 2.99. The molecule has 2 heterocycles. The van der Waals surface area contributed by atoms with E-state index in [-0.39, 0.29) is 5.78 Å². The van der Waals surface area contributed by atoms with E-state index in [2.05, 4.69) is 36.2 Å². The summed E-state index contributed by atoms with van der Waals surface area (Å²) >= 11 is 1.46. The predicted molar refractivity (Wildman–Crippen MR) is 82.6 cm³/mol. The van der Waals surface area contributed by atoms with Gasteiger partial charge in [-0.15, -0.1) is 0 Å². The largest absolute Gasteiger partial charge is 0.294 e. The summed E-state index contributed by atoms with van der Waals surface area (Å²) in [6.07, 6.45) is 3.05. The number of nitrogens with zero attached hydrogens (tertiary/aromatic N) is 2. The van der Waals surface area contributed by atoms with Crippen LogP contribution in [0.4, 0.5) is 0 Å². The van der Waals surface area contributed by atoms with Gasteiger partial charge in [0.05, 0.1) is 10.6 Å². The Bertz CT molecular complexity index is 781. The summed E-state index contributed by atoms with van der Waals surface area (Å²) in [5, 5.41) is 0. The zero-order valence-corrected chi connectivity index (χ0v) is 12.6. The van der Waals surface area contributed by atoms with Crippen molar-refractivity contribution in [3.63, 3.8) is 0 Å². The molecule has 3 rings (SSSR count). The number of ketones is 1. The Morgan fingerprint density at radius 2 is 2.00 bits per heavy atom. The highest BCUT2D eigenvalue weighted by molar-refractivity contribution is 7.19. The number of carbonyl (C=O) groups excluding carboxylic acids is 1. The van der Waals surface area contributed by atoms with Gasteiger partial charge in [0, 0.05) is 24.4 Å². The van der Waals surface area contributed by atoms with Crippen molar-refractivity contribution in [3.8, 4) is 11.3 Å². The summed E-state index contributed by atoms with van der Waals surface area (Å²) in [4.78, 5) is 17.8. The third-order valence-electron chi connectivity index (χ3n) is 3.53. The number of imidazole rings is 1. The van der Waals surface area contributed by atoms with Gasteiger partial charge in [0.25, 0.3) is 0 Å². The predicted octanol–water partition coefficient (Wildman–Crippen LogP) is 4.14. The zero-order valence-electron chi connectivity index (χ0n) is 11.8. The average molecular weight is 284 g/mol. The molecule has 3 aromatic rings. The van der Waals surface area contributed by atoms with Crippen LogP contribution >= 0.6 is 11.3 Å². The smallest absolute Gasteiger partial charge is 0.195 e. The number of hydrogen-bond donors (Lipinski definition) is 0. The molecule has 102 valence electrons. The minimum absolute atomic E-state index is 0.104. The molecule has 0 aliphatic carbocycles. The molecule has 2 aromatic heterocycles. The first-order valence-corrected chi connectivity index (χ1v) is 7.50.